The molecule has 1 aliphatic carbocycles. The molecular weight excluding hydrogens is 372 g/mol. The van der Waals surface area contributed by atoms with Gasteiger partial charge in [-0.05, 0) is 61.8 Å². The first kappa shape index (κ1) is 28.9. The molecule has 1 rings (SSSR count). The first-order chi connectivity index (χ1) is 14.8. The number of rotatable bonds is 9. The van der Waals surface area contributed by atoms with Gasteiger partial charge in [0.1, 0.15) is 0 Å². The minimum Gasteiger partial charge on any atom is -0.102 e. The van der Waals surface area contributed by atoms with E-state index in [2.05, 4.69) is 130 Å². The average Bonchev–Trinajstić information content (AvgIpc) is 2.75. The molecule has 0 spiro atoms. The molecule has 0 saturated carbocycles. The second kappa shape index (κ2) is 14.1. The van der Waals surface area contributed by atoms with Crippen LogP contribution in [0.25, 0.3) is 0 Å². The Morgan fingerprint density at radius 1 is 1.10 bits per heavy atom. The molecule has 0 heterocycles. The molecular formula is C31H48. The summed E-state index contributed by atoms with van der Waals surface area (Å²) in [5.74, 6) is 0.285. The molecule has 172 valence electrons. The van der Waals surface area contributed by atoms with Crippen molar-refractivity contribution in [3.05, 3.63) is 96.2 Å². The zero-order valence-electron chi connectivity index (χ0n) is 21.9. The Morgan fingerprint density at radius 3 is 2.10 bits per heavy atom. The summed E-state index contributed by atoms with van der Waals surface area (Å²) >= 11 is 0. The normalized spacial score (nSPS) is 24.2. The minimum atomic E-state index is -0.237. The van der Waals surface area contributed by atoms with E-state index in [4.69, 9.17) is 0 Å². The molecule has 0 amide bonds. The summed E-state index contributed by atoms with van der Waals surface area (Å²) in [6, 6.07) is 0. The fourth-order valence-electron chi connectivity index (χ4n) is 4.85. The number of hydrogen-bond acceptors (Lipinski definition) is 0. The van der Waals surface area contributed by atoms with Gasteiger partial charge < -0.3 is 0 Å². The second-order valence-corrected chi connectivity index (χ2v) is 8.52. The van der Waals surface area contributed by atoms with Gasteiger partial charge in [-0.15, -0.1) is 6.58 Å². The standard InChI is InChI=1S/C28H40.C3H8/c1-10-16-18-25(14-5)28(27(9,15-6)20-12-3)22(7)21-24(13-4)23(8)26(28)19-17-11-2;1-3-2/h12-22H,4,6,10-11H2,1-3,5,7-9H3;3H2,1-2H3/b18-16-,19-17-,20-12?,25-14+;. The maximum absolute atomic E-state index is 4.29. The van der Waals surface area contributed by atoms with E-state index in [1.807, 2.05) is 6.08 Å². The van der Waals surface area contributed by atoms with Crippen molar-refractivity contribution in [3.8, 4) is 0 Å². The van der Waals surface area contributed by atoms with Crippen LogP contribution in [0.3, 0.4) is 0 Å². The fraction of sp³-hybridized carbons (Fsp3) is 0.484. The highest BCUT2D eigenvalue weighted by Gasteiger charge is 2.53. The molecule has 0 radical (unpaired) electrons. The van der Waals surface area contributed by atoms with Crippen LogP contribution in [0, 0.1) is 16.7 Å². The summed E-state index contributed by atoms with van der Waals surface area (Å²) in [5, 5.41) is 0. The Labute approximate surface area is 194 Å². The van der Waals surface area contributed by atoms with E-state index in [1.165, 1.54) is 28.7 Å². The summed E-state index contributed by atoms with van der Waals surface area (Å²) in [6.07, 6.45) is 25.8. The van der Waals surface area contributed by atoms with E-state index in [-0.39, 0.29) is 16.7 Å². The molecule has 0 N–H and O–H groups in total. The largest absolute Gasteiger partial charge is 0.102 e. The third kappa shape index (κ3) is 6.00. The third-order valence-electron chi connectivity index (χ3n) is 6.20. The molecule has 3 unspecified atom stereocenters. The van der Waals surface area contributed by atoms with E-state index < -0.39 is 0 Å². The van der Waals surface area contributed by atoms with Gasteiger partial charge in [-0.25, -0.2) is 0 Å². The Morgan fingerprint density at radius 2 is 1.68 bits per heavy atom. The van der Waals surface area contributed by atoms with E-state index in [1.54, 1.807) is 0 Å². The summed E-state index contributed by atoms with van der Waals surface area (Å²) in [6.45, 7) is 28.1. The average molecular weight is 421 g/mol. The summed E-state index contributed by atoms with van der Waals surface area (Å²) in [5.41, 5.74) is 4.79. The monoisotopic (exact) mass is 420 g/mol. The molecule has 0 fully saturated rings. The van der Waals surface area contributed by atoms with Crippen LogP contribution in [-0.2, 0) is 0 Å². The van der Waals surface area contributed by atoms with Crippen LogP contribution in [0.4, 0.5) is 0 Å². The van der Waals surface area contributed by atoms with E-state index in [9.17, 15) is 0 Å². The molecule has 0 saturated heterocycles. The summed E-state index contributed by atoms with van der Waals surface area (Å²) < 4.78 is 0. The predicted molar refractivity (Wildman–Crippen MR) is 144 cm³/mol. The smallest absolute Gasteiger partial charge is 0.0384 e. The maximum Gasteiger partial charge on any atom is 0.0384 e. The Bertz CT molecular complexity index is 762. The minimum absolute atomic E-state index is 0.232. The lowest BCUT2D eigenvalue weighted by molar-refractivity contribution is 0.193. The number of allylic oxidation sites excluding steroid dienone is 14. The lowest BCUT2D eigenvalue weighted by Gasteiger charge is -2.54. The summed E-state index contributed by atoms with van der Waals surface area (Å²) in [7, 11) is 0. The first-order valence-corrected chi connectivity index (χ1v) is 12.1. The van der Waals surface area contributed by atoms with Crippen LogP contribution in [0.15, 0.2) is 96.2 Å². The van der Waals surface area contributed by atoms with Crippen molar-refractivity contribution in [2.45, 2.75) is 81.6 Å². The van der Waals surface area contributed by atoms with E-state index >= 15 is 0 Å². The lowest BCUT2D eigenvalue weighted by Crippen LogP contribution is -2.46. The highest BCUT2D eigenvalue weighted by atomic mass is 14.6. The van der Waals surface area contributed by atoms with Crippen molar-refractivity contribution in [2.24, 2.45) is 16.7 Å². The van der Waals surface area contributed by atoms with Gasteiger partial charge >= 0.3 is 0 Å². The summed E-state index contributed by atoms with van der Waals surface area (Å²) in [4.78, 5) is 0. The van der Waals surface area contributed by atoms with Crippen molar-refractivity contribution in [1.82, 2.24) is 0 Å². The van der Waals surface area contributed by atoms with Crippen LogP contribution in [0.1, 0.15) is 81.6 Å². The molecule has 0 heteroatoms. The topological polar surface area (TPSA) is 0 Å². The van der Waals surface area contributed by atoms with Gasteiger partial charge in [-0.2, -0.15) is 0 Å². The molecule has 3 atom stereocenters. The van der Waals surface area contributed by atoms with Gasteiger partial charge in [0.15, 0.2) is 0 Å². The quantitative estimate of drug-likeness (QED) is 0.257. The molecule has 0 aliphatic heterocycles. The first-order valence-electron chi connectivity index (χ1n) is 12.1. The van der Waals surface area contributed by atoms with Gasteiger partial charge in [0.25, 0.3) is 0 Å². The molecule has 0 bridgehead atoms. The van der Waals surface area contributed by atoms with Gasteiger partial charge in [-0.3, -0.25) is 0 Å². The van der Waals surface area contributed by atoms with Gasteiger partial charge in [0.2, 0.25) is 0 Å². The Hall–Kier alpha value is -2.08. The van der Waals surface area contributed by atoms with Crippen molar-refractivity contribution in [1.29, 1.82) is 0 Å². The lowest BCUT2D eigenvalue weighted by atomic mass is 9.48. The zero-order valence-corrected chi connectivity index (χ0v) is 21.9. The SMILES string of the molecule is C=CC1=CC(C)C(C(/C=C\CC)=C/C)(C(C)(C=C)C=CC)C(/C=C\CC)=C1C.CCC. The molecule has 0 aromatic heterocycles. The van der Waals surface area contributed by atoms with Crippen molar-refractivity contribution in [3.63, 3.8) is 0 Å². The molecule has 31 heavy (non-hydrogen) atoms. The van der Waals surface area contributed by atoms with Crippen molar-refractivity contribution >= 4 is 0 Å². The van der Waals surface area contributed by atoms with Crippen molar-refractivity contribution < 1.29 is 0 Å². The highest BCUT2D eigenvalue weighted by molar-refractivity contribution is 5.59. The molecule has 0 nitrogen and oxygen atoms in total. The van der Waals surface area contributed by atoms with Crippen LogP contribution in [-0.4, -0.2) is 0 Å². The van der Waals surface area contributed by atoms with E-state index in [0.29, 0.717) is 0 Å². The molecule has 0 aromatic carbocycles. The maximum atomic E-state index is 4.29. The molecule has 1 aliphatic rings. The van der Waals surface area contributed by atoms with E-state index in [0.717, 1.165) is 12.8 Å². The van der Waals surface area contributed by atoms with Gasteiger partial charge in [0, 0.05) is 10.8 Å². The highest BCUT2D eigenvalue weighted by Crippen LogP contribution is 2.61. The molecule has 0 aromatic rings. The van der Waals surface area contributed by atoms with Crippen molar-refractivity contribution in [2.75, 3.05) is 0 Å². The van der Waals surface area contributed by atoms with Crippen LogP contribution < -0.4 is 0 Å². The Balaban J connectivity index is 0.00000282. The van der Waals surface area contributed by atoms with Crippen LogP contribution in [0.5, 0.6) is 0 Å². The predicted octanol–water partition coefficient (Wildman–Crippen LogP) is 10.1. The fourth-order valence-corrected chi connectivity index (χ4v) is 4.85. The second-order valence-electron chi connectivity index (χ2n) is 8.52. The Kier molecular flexibility index (Phi) is 13.1. The van der Waals surface area contributed by atoms with Crippen LogP contribution >= 0.6 is 0 Å². The zero-order chi connectivity index (χ0) is 24.1. The third-order valence-corrected chi connectivity index (χ3v) is 6.20. The number of hydrogen-bond donors (Lipinski definition) is 0. The van der Waals surface area contributed by atoms with Gasteiger partial charge in [-0.1, -0.05) is 115 Å². The van der Waals surface area contributed by atoms with Gasteiger partial charge in [0.05, 0.1) is 0 Å². The van der Waals surface area contributed by atoms with Crippen LogP contribution in [0.2, 0.25) is 0 Å².